The van der Waals surface area contributed by atoms with Gasteiger partial charge in [-0.25, -0.2) is 4.85 Å². The highest BCUT2D eigenvalue weighted by Crippen LogP contribution is 2.73. The molecule has 1 N–H and O–H groups in total. The molecule has 7 atom stereocenters. The summed E-state index contributed by atoms with van der Waals surface area (Å²) >= 11 is 0. The van der Waals surface area contributed by atoms with Crippen LogP contribution in [0.25, 0.3) is 4.85 Å². The normalized spacial score (nSPS) is 48.9. The predicted octanol–water partition coefficient (Wildman–Crippen LogP) is 6.30. The van der Waals surface area contributed by atoms with Gasteiger partial charge < -0.3 is 9.90 Å². The van der Waals surface area contributed by atoms with Crippen molar-refractivity contribution in [1.82, 2.24) is 0 Å². The molecule has 0 saturated heterocycles. The van der Waals surface area contributed by atoms with Crippen LogP contribution in [-0.2, 0) is 9.59 Å². The summed E-state index contributed by atoms with van der Waals surface area (Å²) in [6, 6.07) is 0. The lowest BCUT2D eigenvalue weighted by Gasteiger charge is -2.68. The van der Waals surface area contributed by atoms with E-state index in [-0.39, 0.29) is 51.3 Å². The maximum absolute atomic E-state index is 14.1. The van der Waals surface area contributed by atoms with E-state index >= 15 is 0 Å². The molecule has 0 amide bonds. The van der Waals surface area contributed by atoms with Gasteiger partial charge in [0.1, 0.15) is 0 Å². The van der Waals surface area contributed by atoms with Gasteiger partial charge in [0.2, 0.25) is 5.70 Å². The largest absolute Gasteiger partial charge is 0.390 e. The van der Waals surface area contributed by atoms with Crippen LogP contribution in [-0.4, -0.2) is 22.3 Å². The van der Waals surface area contributed by atoms with E-state index in [0.717, 1.165) is 50.5 Å². The first kappa shape index (κ1) is 24.0. The molecule has 3 fully saturated rings. The molecular weight excluding hydrogens is 422 g/mol. The molecule has 0 bridgehead atoms. The van der Waals surface area contributed by atoms with E-state index in [4.69, 9.17) is 6.57 Å². The van der Waals surface area contributed by atoms with Crippen LogP contribution in [0.4, 0.5) is 0 Å². The van der Waals surface area contributed by atoms with Crippen LogP contribution in [0.3, 0.4) is 0 Å². The van der Waals surface area contributed by atoms with Crippen molar-refractivity contribution in [3.8, 4) is 0 Å². The first-order valence-electron chi connectivity index (χ1n) is 13.2. The molecule has 4 heteroatoms. The number of fused-ring (bicyclic) bond motifs is 7. The van der Waals surface area contributed by atoms with Gasteiger partial charge in [0.05, 0.1) is 12.2 Å². The minimum atomic E-state index is -0.741. The smallest absolute Gasteiger partial charge is 0.226 e. The van der Waals surface area contributed by atoms with E-state index in [0.29, 0.717) is 0 Å². The average Bonchev–Trinajstić information content (AvgIpc) is 2.74. The number of hydrogen-bond acceptors (Lipinski definition) is 3. The Morgan fingerprint density at radius 2 is 1.62 bits per heavy atom. The number of aliphatic hydroxyl groups is 1. The number of rotatable bonds is 0. The van der Waals surface area contributed by atoms with E-state index in [1.807, 2.05) is 26.0 Å². The van der Waals surface area contributed by atoms with Crippen molar-refractivity contribution in [2.24, 2.45) is 44.8 Å². The molecule has 0 aromatic carbocycles. The van der Waals surface area contributed by atoms with Gasteiger partial charge in [-0.1, -0.05) is 60.1 Å². The second-order valence-corrected chi connectivity index (χ2v) is 14.3. The minimum absolute atomic E-state index is 0.0126. The third-order valence-electron chi connectivity index (χ3n) is 11.8. The lowest BCUT2D eigenvalue weighted by molar-refractivity contribution is -0.195. The Morgan fingerprint density at radius 3 is 2.26 bits per heavy atom. The summed E-state index contributed by atoms with van der Waals surface area (Å²) < 4.78 is 0. The number of carbonyl (C=O) groups is 2. The summed E-state index contributed by atoms with van der Waals surface area (Å²) in [6.07, 6.45) is 9.92. The number of nitrogens with zero attached hydrogens (tertiary/aromatic N) is 1. The summed E-state index contributed by atoms with van der Waals surface area (Å²) in [6.45, 7) is 23.0. The molecule has 5 aliphatic rings. The quantitative estimate of drug-likeness (QED) is 0.429. The summed E-state index contributed by atoms with van der Waals surface area (Å²) in [5.41, 5.74) is -0.841. The molecule has 3 saturated carbocycles. The molecule has 0 heterocycles. The summed E-state index contributed by atoms with van der Waals surface area (Å²) in [5, 5.41) is 11.7. The zero-order valence-corrected chi connectivity index (χ0v) is 22.0. The minimum Gasteiger partial charge on any atom is -0.390 e. The van der Waals surface area contributed by atoms with E-state index < -0.39 is 16.4 Å². The van der Waals surface area contributed by atoms with Gasteiger partial charge >= 0.3 is 0 Å². The molecule has 34 heavy (non-hydrogen) atoms. The van der Waals surface area contributed by atoms with Gasteiger partial charge in [0.25, 0.3) is 0 Å². The third kappa shape index (κ3) is 2.74. The van der Waals surface area contributed by atoms with Crippen molar-refractivity contribution in [2.45, 2.75) is 99.0 Å². The number of hydrogen-bond donors (Lipinski definition) is 1. The summed E-state index contributed by atoms with van der Waals surface area (Å²) in [7, 11) is 0. The van der Waals surface area contributed by atoms with Crippen LogP contribution in [0.15, 0.2) is 23.4 Å². The van der Waals surface area contributed by atoms with Crippen LogP contribution in [0.1, 0.15) is 93.4 Å². The number of allylic oxidation sites excluding steroid dienone is 4. The Kier molecular flexibility index (Phi) is 4.74. The van der Waals surface area contributed by atoms with Crippen LogP contribution in [0, 0.1) is 51.4 Å². The predicted molar refractivity (Wildman–Crippen MR) is 132 cm³/mol. The maximum Gasteiger partial charge on any atom is 0.226 e. The van der Waals surface area contributed by atoms with Crippen LogP contribution in [0.5, 0.6) is 0 Å². The molecule has 5 rings (SSSR count). The van der Waals surface area contributed by atoms with Gasteiger partial charge in [-0.3, -0.25) is 4.79 Å². The van der Waals surface area contributed by atoms with Crippen LogP contribution in [0.2, 0.25) is 0 Å². The molecular formula is C30H41NO3. The van der Waals surface area contributed by atoms with Crippen molar-refractivity contribution in [3.05, 3.63) is 34.8 Å². The van der Waals surface area contributed by atoms with Gasteiger partial charge in [0, 0.05) is 16.7 Å². The van der Waals surface area contributed by atoms with Gasteiger partial charge in [-0.15, -0.1) is 0 Å². The highest BCUT2D eigenvalue weighted by atomic mass is 16.3. The second-order valence-electron chi connectivity index (χ2n) is 14.3. The summed E-state index contributed by atoms with van der Waals surface area (Å²) in [5.74, 6) is -0.0271. The molecule has 184 valence electrons. The van der Waals surface area contributed by atoms with E-state index in [9.17, 15) is 14.7 Å². The van der Waals surface area contributed by atoms with Crippen LogP contribution < -0.4 is 0 Å². The fourth-order valence-electron chi connectivity index (χ4n) is 9.57. The average molecular weight is 464 g/mol. The van der Waals surface area contributed by atoms with Crippen molar-refractivity contribution in [3.63, 3.8) is 0 Å². The van der Waals surface area contributed by atoms with Crippen molar-refractivity contribution in [1.29, 1.82) is 0 Å². The number of carbonyl (C=O) groups excluding carboxylic acids is 2. The Balaban J connectivity index is 1.69. The Labute approximate surface area is 205 Å². The SMILES string of the molecule is [C-]#[N+]C1=C[C@]2(C)C3=CC(=O)[C@@H]4[C@@H]5CC(C)(C)CC[C@]5(O)CC[C@@]4(C)[C@]3(C)CC[C@H]2C(C)(C)C1=O. The molecule has 0 aromatic rings. The fraction of sp³-hybridized carbons (Fsp3) is 0.767. The fourth-order valence-corrected chi connectivity index (χ4v) is 9.57. The highest BCUT2D eigenvalue weighted by Gasteiger charge is 2.69. The van der Waals surface area contributed by atoms with Gasteiger partial charge in [-0.2, -0.15) is 0 Å². The molecule has 4 nitrogen and oxygen atoms in total. The molecule has 0 unspecified atom stereocenters. The number of Topliss-reactive ketones (excluding diaryl/α,β-unsaturated/α-hetero) is 1. The lowest BCUT2D eigenvalue weighted by Crippen LogP contribution is -2.66. The van der Waals surface area contributed by atoms with Crippen LogP contribution >= 0.6 is 0 Å². The molecule has 0 aromatic heterocycles. The standard InChI is InChI=1S/C30H41NO3/c1-25(2)11-13-30(34)14-12-29(7)23(18(30)16-25)20(32)15-22-27(5)17-19(31-8)24(33)26(3,4)21(27)9-10-28(22,29)6/h15,17-18,21,23,34H,9-14,16H2,1-7H3/t18-,21-,23-,27-,28+,29+,30-/m0/s1. The van der Waals surface area contributed by atoms with E-state index in [1.165, 1.54) is 0 Å². The topological polar surface area (TPSA) is 58.7 Å². The second kappa shape index (κ2) is 6.73. The van der Waals surface area contributed by atoms with E-state index in [2.05, 4.69) is 39.5 Å². The van der Waals surface area contributed by atoms with Crippen molar-refractivity contribution >= 4 is 11.6 Å². The maximum atomic E-state index is 14.1. The van der Waals surface area contributed by atoms with Crippen molar-refractivity contribution in [2.75, 3.05) is 0 Å². The first-order valence-corrected chi connectivity index (χ1v) is 13.2. The zero-order chi connectivity index (χ0) is 25.1. The Morgan fingerprint density at radius 1 is 0.971 bits per heavy atom. The third-order valence-corrected chi connectivity index (χ3v) is 11.8. The van der Waals surface area contributed by atoms with Gasteiger partial charge in [-0.05, 0) is 79.1 Å². The monoisotopic (exact) mass is 463 g/mol. The van der Waals surface area contributed by atoms with Crippen molar-refractivity contribution < 1.29 is 14.7 Å². The Hall–Kier alpha value is -1.73. The molecule has 5 aliphatic carbocycles. The summed E-state index contributed by atoms with van der Waals surface area (Å²) in [4.78, 5) is 30.9. The van der Waals surface area contributed by atoms with E-state index in [1.54, 1.807) is 0 Å². The highest BCUT2D eigenvalue weighted by molar-refractivity contribution is 6.03. The zero-order valence-electron chi connectivity index (χ0n) is 22.0. The molecule has 0 aliphatic heterocycles. The Bertz CT molecular complexity index is 1090. The molecule has 0 spiro atoms. The van der Waals surface area contributed by atoms with Gasteiger partial charge in [0.15, 0.2) is 11.6 Å². The number of ketones is 2. The first-order chi connectivity index (χ1) is 15.6. The lowest BCUT2D eigenvalue weighted by atomic mass is 9.35. The molecule has 0 radical (unpaired) electrons.